The maximum atomic E-state index is 12.5. The number of para-hydroxylation sites is 1. The molecule has 0 saturated heterocycles. The quantitative estimate of drug-likeness (QED) is 0.258. The molecule has 0 spiro atoms. The molecule has 1 aromatic heterocycles. The van der Waals surface area contributed by atoms with E-state index in [1.165, 1.54) is 7.11 Å². The number of methoxy groups -OCH3 is 1. The van der Waals surface area contributed by atoms with E-state index in [2.05, 4.69) is 14.8 Å². The number of amides is 1. The van der Waals surface area contributed by atoms with E-state index in [4.69, 9.17) is 37.7 Å². The van der Waals surface area contributed by atoms with Crippen molar-refractivity contribution in [1.29, 1.82) is 0 Å². The number of hydrogen-bond donors (Lipinski definition) is 1. The summed E-state index contributed by atoms with van der Waals surface area (Å²) in [6.45, 7) is 6.62. The fraction of sp³-hybridized carbons (Fsp3) is 0.444. The SMILES string of the molecule is COC(=O)[C@H](CCc1nc2cc(N(CCCl)CCCl)ccc2n1-c1ccccc1)NC(=O)OC(C)(C)C. The van der Waals surface area contributed by atoms with Crippen molar-refractivity contribution in [3.05, 3.63) is 54.4 Å². The standard InChI is InChI=1S/C27H34Cl2N4O4/c1-27(2,3)37-26(35)31-21(25(34)36-4)11-13-24-30-22-18-20(32(16-14-28)17-15-29)10-12-23(22)33(24)19-8-6-5-7-9-19/h5-10,12,18,21H,11,13-17H2,1-4H3,(H,31,35)/t21-/m0/s1. The van der Waals surface area contributed by atoms with E-state index in [0.29, 0.717) is 31.3 Å². The molecule has 10 heteroatoms. The first-order valence-corrected chi connectivity index (χ1v) is 13.2. The van der Waals surface area contributed by atoms with E-state index < -0.39 is 23.7 Å². The Morgan fingerprint density at radius 1 is 1.08 bits per heavy atom. The van der Waals surface area contributed by atoms with E-state index in [9.17, 15) is 9.59 Å². The molecule has 3 rings (SSSR count). The Bertz CT molecular complexity index is 1190. The fourth-order valence-electron chi connectivity index (χ4n) is 4.04. The van der Waals surface area contributed by atoms with Crippen molar-refractivity contribution in [3.63, 3.8) is 0 Å². The van der Waals surface area contributed by atoms with E-state index in [-0.39, 0.29) is 6.42 Å². The number of carbonyl (C=O) groups excluding carboxylic acids is 2. The summed E-state index contributed by atoms with van der Waals surface area (Å²) >= 11 is 12.0. The van der Waals surface area contributed by atoms with E-state index in [0.717, 1.165) is 28.2 Å². The normalized spacial score (nSPS) is 12.3. The van der Waals surface area contributed by atoms with E-state index in [1.807, 2.05) is 48.5 Å². The zero-order valence-electron chi connectivity index (χ0n) is 21.7. The number of aryl methyl sites for hydroxylation is 1. The molecule has 0 aliphatic heterocycles. The first-order valence-electron chi connectivity index (χ1n) is 12.2. The highest BCUT2D eigenvalue weighted by molar-refractivity contribution is 6.18. The number of imidazole rings is 1. The van der Waals surface area contributed by atoms with Crippen LogP contribution in [0.5, 0.6) is 0 Å². The second-order valence-electron chi connectivity index (χ2n) is 9.50. The van der Waals surface area contributed by atoms with Crippen molar-refractivity contribution >= 4 is 52.0 Å². The third kappa shape index (κ3) is 7.76. The minimum Gasteiger partial charge on any atom is -0.467 e. The monoisotopic (exact) mass is 548 g/mol. The van der Waals surface area contributed by atoms with Crippen LogP contribution in [0.15, 0.2) is 48.5 Å². The van der Waals surface area contributed by atoms with Gasteiger partial charge in [0, 0.05) is 42.6 Å². The Labute approximate surface area is 227 Å². The number of alkyl carbamates (subject to hydrolysis) is 1. The summed E-state index contributed by atoms with van der Waals surface area (Å²) in [7, 11) is 1.29. The summed E-state index contributed by atoms with van der Waals surface area (Å²) in [5.41, 5.74) is 2.97. The summed E-state index contributed by atoms with van der Waals surface area (Å²) in [5.74, 6) is 1.17. The van der Waals surface area contributed by atoms with Crippen LogP contribution >= 0.6 is 23.2 Å². The number of alkyl halides is 2. The van der Waals surface area contributed by atoms with Crippen LogP contribution in [-0.4, -0.2) is 65.2 Å². The highest BCUT2D eigenvalue weighted by Gasteiger charge is 2.26. The number of nitrogens with zero attached hydrogens (tertiary/aromatic N) is 3. The van der Waals surface area contributed by atoms with Gasteiger partial charge < -0.3 is 19.7 Å². The molecule has 0 aliphatic rings. The number of hydrogen-bond acceptors (Lipinski definition) is 6. The molecule has 3 aromatic rings. The number of nitrogens with one attached hydrogen (secondary N) is 1. The molecule has 200 valence electrons. The predicted molar refractivity (Wildman–Crippen MR) is 148 cm³/mol. The second-order valence-corrected chi connectivity index (χ2v) is 10.3. The highest BCUT2D eigenvalue weighted by atomic mass is 35.5. The molecule has 0 unspecified atom stereocenters. The third-order valence-corrected chi connectivity index (χ3v) is 5.97. The number of aromatic nitrogens is 2. The lowest BCUT2D eigenvalue weighted by molar-refractivity contribution is -0.143. The van der Waals surface area contributed by atoms with Gasteiger partial charge in [-0.3, -0.25) is 4.57 Å². The van der Waals surface area contributed by atoms with Gasteiger partial charge >= 0.3 is 12.1 Å². The molecule has 8 nitrogen and oxygen atoms in total. The summed E-state index contributed by atoms with van der Waals surface area (Å²) in [4.78, 5) is 31.9. The number of anilines is 1. The fourth-order valence-corrected chi connectivity index (χ4v) is 4.44. The topological polar surface area (TPSA) is 85.7 Å². The molecule has 0 fully saturated rings. The molecule has 0 saturated carbocycles. The number of fused-ring (bicyclic) bond motifs is 1. The minimum atomic E-state index is -0.887. The highest BCUT2D eigenvalue weighted by Crippen LogP contribution is 2.27. The van der Waals surface area contributed by atoms with Gasteiger partial charge in [-0.15, -0.1) is 23.2 Å². The van der Waals surface area contributed by atoms with Gasteiger partial charge in [0.2, 0.25) is 0 Å². The van der Waals surface area contributed by atoms with E-state index in [1.54, 1.807) is 20.8 Å². The van der Waals surface area contributed by atoms with Gasteiger partial charge in [0.15, 0.2) is 0 Å². The Morgan fingerprint density at radius 3 is 2.35 bits per heavy atom. The summed E-state index contributed by atoms with van der Waals surface area (Å²) in [6, 6.07) is 15.1. The Kier molecular flexibility index (Phi) is 10.1. The van der Waals surface area contributed by atoms with Crippen molar-refractivity contribution in [2.75, 3.05) is 36.9 Å². The molecule has 1 N–H and O–H groups in total. The number of ether oxygens (including phenoxy) is 2. The number of esters is 1. The number of rotatable bonds is 11. The van der Waals surface area contributed by atoms with Crippen LogP contribution in [0.25, 0.3) is 16.7 Å². The molecule has 1 atom stereocenters. The molecular weight excluding hydrogens is 515 g/mol. The lowest BCUT2D eigenvalue weighted by atomic mass is 10.1. The first kappa shape index (κ1) is 28.6. The molecular formula is C27H34Cl2N4O4. The summed E-state index contributed by atoms with van der Waals surface area (Å²) in [6.07, 6.45) is 0.00366. The largest absolute Gasteiger partial charge is 0.467 e. The first-order chi connectivity index (χ1) is 17.7. The van der Waals surface area contributed by atoms with Crippen LogP contribution in [0.4, 0.5) is 10.5 Å². The molecule has 37 heavy (non-hydrogen) atoms. The van der Waals surface area contributed by atoms with Crippen LogP contribution in [0, 0.1) is 0 Å². The van der Waals surface area contributed by atoms with E-state index >= 15 is 0 Å². The maximum Gasteiger partial charge on any atom is 0.408 e. The van der Waals surface area contributed by atoms with Crippen molar-refractivity contribution in [1.82, 2.24) is 14.9 Å². The number of carbonyl (C=O) groups is 2. The smallest absolute Gasteiger partial charge is 0.408 e. The van der Waals surface area contributed by atoms with Gasteiger partial charge in [-0.25, -0.2) is 14.6 Å². The molecule has 1 amide bonds. The van der Waals surface area contributed by atoms with Gasteiger partial charge in [-0.2, -0.15) is 0 Å². The molecule has 0 radical (unpaired) electrons. The third-order valence-electron chi connectivity index (χ3n) is 5.63. The van der Waals surface area contributed by atoms with Crippen LogP contribution < -0.4 is 10.2 Å². The number of benzene rings is 2. The molecule has 1 heterocycles. The van der Waals surface area contributed by atoms with Gasteiger partial charge in [-0.05, 0) is 57.5 Å². The zero-order valence-corrected chi connectivity index (χ0v) is 23.2. The van der Waals surface area contributed by atoms with Crippen molar-refractivity contribution in [3.8, 4) is 5.69 Å². The molecule has 2 aromatic carbocycles. The van der Waals surface area contributed by atoms with Crippen LogP contribution in [0.2, 0.25) is 0 Å². The summed E-state index contributed by atoms with van der Waals surface area (Å²) in [5, 5.41) is 2.64. The van der Waals surface area contributed by atoms with Crippen molar-refractivity contribution < 1.29 is 19.1 Å². The Hall–Kier alpha value is -2.97. The maximum absolute atomic E-state index is 12.5. The second kappa shape index (κ2) is 13.0. The Morgan fingerprint density at radius 2 is 1.76 bits per heavy atom. The average Bonchev–Trinajstić information content (AvgIpc) is 3.22. The van der Waals surface area contributed by atoms with Gasteiger partial charge in [-0.1, -0.05) is 18.2 Å². The lowest BCUT2D eigenvalue weighted by Gasteiger charge is -2.22. The van der Waals surface area contributed by atoms with Gasteiger partial charge in [0.25, 0.3) is 0 Å². The number of halogens is 2. The lowest BCUT2D eigenvalue weighted by Crippen LogP contribution is -2.44. The van der Waals surface area contributed by atoms with Gasteiger partial charge in [0.05, 0.1) is 18.1 Å². The zero-order chi connectivity index (χ0) is 27.0. The van der Waals surface area contributed by atoms with Crippen LogP contribution in [0.3, 0.4) is 0 Å². The van der Waals surface area contributed by atoms with Crippen LogP contribution in [-0.2, 0) is 20.7 Å². The predicted octanol–water partition coefficient (Wildman–Crippen LogP) is 5.31. The molecule has 0 bridgehead atoms. The van der Waals surface area contributed by atoms with Crippen LogP contribution in [0.1, 0.15) is 33.0 Å². The van der Waals surface area contributed by atoms with Crippen molar-refractivity contribution in [2.45, 2.75) is 45.3 Å². The summed E-state index contributed by atoms with van der Waals surface area (Å²) < 4.78 is 12.3. The minimum absolute atomic E-state index is 0.277. The van der Waals surface area contributed by atoms with Gasteiger partial charge in [0.1, 0.15) is 17.5 Å². The van der Waals surface area contributed by atoms with Crippen molar-refractivity contribution in [2.24, 2.45) is 0 Å². The molecule has 0 aliphatic carbocycles. The Balaban J connectivity index is 1.95. The average molecular weight is 549 g/mol.